The van der Waals surface area contributed by atoms with Gasteiger partial charge in [-0.1, -0.05) is 111 Å². The van der Waals surface area contributed by atoms with Gasteiger partial charge in [0, 0.05) is 31.5 Å². The van der Waals surface area contributed by atoms with Crippen molar-refractivity contribution in [3.63, 3.8) is 0 Å². The fourth-order valence-electron chi connectivity index (χ4n) is 10.7. The Balaban J connectivity index is 1.11. The molecule has 0 saturated heterocycles. The van der Waals surface area contributed by atoms with E-state index in [9.17, 15) is 9.59 Å². The summed E-state index contributed by atoms with van der Waals surface area (Å²) in [5.41, 5.74) is 3.14. The van der Waals surface area contributed by atoms with Crippen LogP contribution in [-0.4, -0.2) is 36.3 Å². The van der Waals surface area contributed by atoms with Crippen molar-refractivity contribution in [2.75, 3.05) is 13.6 Å². The number of likely N-dealkylation sites (N-methyl/N-ethyl adjacent to an activating group) is 1. The van der Waals surface area contributed by atoms with Crippen LogP contribution < -0.4 is 5.32 Å². The van der Waals surface area contributed by atoms with E-state index in [1.807, 2.05) is 36.2 Å². The molecule has 7 rings (SSSR count). The molecule has 1 N–H and O–H groups in total. The van der Waals surface area contributed by atoms with Gasteiger partial charge in [-0.15, -0.1) is 0 Å². The third-order valence-corrected chi connectivity index (χ3v) is 13.1. The van der Waals surface area contributed by atoms with E-state index in [2.05, 4.69) is 98.0 Å². The maximum absolute atomic E-state index is 14.1. The molecule has 4 aliphatic rings. The van der Waals surface area contributed by atoms with Gasteiger partial charge in [0.05, 0.1) is 5.41 Å². The molecule has 1 aliphatic heterocycles. The second-order valence-corrected chi connectivity index (χ2v) is 14.9. The van der Waals surface area contributed by atoms with Crippen LogP contribution in [0.3, 0.4) is 0 Å². The van der Waals surface area contributed by atoms with Crippen molar-refractivity contribution < 1.29 is 9.59 Å². The van der Waals surface area contributed by atoms with Crippen molar-refractivity contribution >= 4 is 11.8 Å². The summed E-state index contributed by atoms with van der Waals surface area (Å²) in [6.45, 7) is 5.69. The summed E-state index contributed by atoms with van der Waals surface area (Å²) in [6, 6.07) is 31.9. The molecule has 0 bridgehead atoms. The number of carbonyl (C=O) groups excluding carboxylic acids is 2. The van der Waals surface area contributed by atoms with E-state index < -0.39 is 5.41 Å². The highest BCUT2D eigenvalue weighted by molar-refractivity contribution is 5.89. The van der Waals surface area contributed by atoms with Crippen molar-refractivity contribution in [1.82, 2.24) is 10.2 Å². The zero-order valence-corrected chi connectivity index (χ0v) is 27.1. The third kappa shape index (κ3) is 4.87. The van der Waals surface area contributed by atoms with Crippen LogP contribution in [0.15, 0.2) is 103 Å². The van der Waals surface area contributed by atoms with Crippen LogP contribution in [0.25, 0.3) is 0 Å². The van der Waals surface area contributed by atoms with Crippen LogP contribution in [0.4, 0.5) is 0 Å². The van der Waals surface area contributed by atoms with Crippen molar-refractivity contribution in [1.29, 1.82) is 0 Å². The molecule has 0 spiro atoms. The number of hydrogen-bond donors (Lipinski definition) is 1. The zero-order valence-electron chi connectivity index (χ0n) is 27.1. The quantitative estimate of drug-likeness (QED) is 0.282. The molecule has 4 nitrogen and oxygen atoms in total. The van der Waals surface area contributed by atoms with E-state index in [1.54, 1.807) is 0 Å². The Bertz CT molecular complexity index is 1460. The fourth-order valence-corrected chi connectivity index (χ4v) is 10.7. The zero-order chi connectivity index (χ0) is 31.2. The Morgan fingerprint density at radius 1 is 0.800 bits per heavy atom. The number of nitrogens with zero attached hydrogens (tertiary/aromatic N) is 1. The van der Waals surface area contributed by atoms with Gasteiger partial charge in [0.15, 0.2) is 0 Å². The van der Waals surface area contributed by atoms with Crippen LogP contribution in [-0.2, 0) is 15.0 Å². The summed E-state index contributed by atoms with van der Waals surface area (Å²) >= 11 is 0. The lowest BCUT2D eigenvalue weighted by Crippen LogP contribution is -2.59. The minimum atomic E-state index is -0.579. The van der Waals surface area contributed by atoms with Crippen molar-refractivity contribution in [2.45, 2.75) is 70.3 Å². The molecule has 3 saturated carbocycles. The van der Waals surface area contributed by atoms with Crippen LogP contribution in [0.2, 0.25) is 0 Å². The molecular weight excluding hydrogens is 552 g/mol. The smallest absolute Gasteiger partial charge is 0.246 e. The minimum Gasteiger partial charge on any atom is -0.356 e. The number of fused-ring (bicyclic) bond motifs is 5. The highest BCUT2D eigenvalue weighted by Gasteiger charge is 2.60. The second-order valence-electron chi connectivity index (χ2n) is 14.9. The van der Waals surface area contributed by atoms with Crippen LogP contribution >= 0.6 is 0 Å². The Hall–Kier alpha value is -3.66. The molecule has 2 amide bonds. The van der Waals surface area contributed by atoms with E-state index >= 15 is 0 Å². The number of benzene rings is 3. The molecule has 3 aromatic rings. The van der Waals surface area contributed by atoms with Crippen molar-refractivity contribution in [3.8, 4) is 0 Å². The number of nitrogens with one attached hydrogen (secondary N) is 1. The van der Waals surface area contributed by atoms with E-state index in [1.165, 1.54) is 32.1 Å². The predicted octanol–water partition coefficient (Wildman–Crippen LogP) is 7.78. The van der Waals surface area contributed by atoms with Crippen LogP contribution in [0.1, 0.15) is 75.5 Å². The normalized spacial score (nSPS) is 32.4. The maximum atomic E-state index is 14.1. The van der Waals surface area contributed by atoms with E-state index in [4.69, 9.17) is 0 Å². The Labute approximate surface area is 269 Å². The summed E-state index contributed by atoms with van der Waals surface area (Å²) in [5.74, 6) is 2.76. The Kier molecular flexibility index (Phi) is 7.74. The first-order valence-electron chi connectivity index (χ1n) is 17.2. The van der Waals surface area contributed by atoms with Gasteiger partial charge in [0.2, 0.25) is 11.8 Å². The molecule has 0 aromatic heterocycles. The van der Waals surface area contributed by atoms with Gasteiger partial charge in [0.1, 0.15) is 0 Å². The summed E-state index contributed by atoms with van der Waals surface area (Å²) < 4.78 is 0. The molecular formula is C41H48N2O2. The average Bonchev–Trinajstić information content (AvgIpc) is 3.42. The number of carbonyl (C=O) groups is 2. The highest BCUT2D eigenvalue weighted by Crippen LogP contribution is 2.65. The molecule has 1 unspecified atom stereocenters. The molecule has 3 aromatic carbocycles. The Morgan fingerprint density at radius 3 is 1.96 bits per heavy atom. The highest BCUT2D eigenvalue weighted by atomic mass is 16.2. The van der Waals surface area contributed by atoms with E-state index in [0.29, 0.717) is 36.1 Å². The maximum Gasteiger partial charge on any atom is 0.246 e. The van der Waals surface area contributed by atoms with Gasteiger partial charge in [-0.2, -0.15) is 0 Å². The standard InChI is InChI=1S/C41H48N2O2/c1-39-25-23-35-33(20-22-36-40(35,2)26-24-38(45)43(36)3)34(39)21-19-32(39)28-42-37(44)27-41(29-13-7-4-8-14-29,30-15-9-5-10-16-30)31-17-11-6-12-18-31/h4-18,24,26,32-36H,19-23,25,27-28H2,1-3H3,(H,42,44)/t32?,33-,34-,35-,36+,39+,40+/m0/s1. The van der Waals surface area contributed by atoms with Gasteiger partial charge < -0.3 is 10.2 Å². The number of hydrogen-bond acceptors (Lipinski definition) is 2. The van der Waals surface area contributed by atoms with Crippen LogP contribution in [0, 0.1) is 34.5 Å². The molecule has 1 heterocycles. The summed E-state index contributed by atoms with van der Waals surface area (Å²) in [5, 5.41) is 3.49. The summed E-state index contributed by atoms with van der Waals surface area (Å²) in [6.07, 6.45) is 11.6. The van der Waals surface area contributed by atoms with E-state index in [0.717, 1.165) is 29.7 Å². The molecule has 3 aliphatic carbocycles. The monoisotopic (exact) mass is 600 g/mol. The Morgan fingerprint density at radius 2 is 1.38 bits per heavy atom. The second kappa shape index (κ2) is 11.6. The molecule has 234 valence electrons. The van der Waals surface area contributed by atoms with E-state index in [-0.39, 0.29) is 22.6 Å². The first-order chi connectivity index (χ1) is 21.8. The molecule has 3 fully saturated rings. The predicted molar refractivity (Wildman–Crippen MR) is 180 cm³/mol. The van der Waals surface area contributed by atoms with Gasteiger partial charge in [-0.3, -0.25) is 9.59 Å². The van der Waals surface area contributed by atoms with Gasteiger partial charge in [0.25, 0.3) is 0 Å². The lowest BCUT2D eigenvalue weighted by atomic mass is 9.47. The lowest BCUT2D eigenvalue weighted by molar-refractivity contribution is -0.139. The van der Waals surface area contributed by atoms with Gasteiger partial charge in [-0.25, -0.2) is 0 Å². The molecule has 7 atom stereocenters. The van der Waals surface area contributed by atoms with Crippen LogP contribution in [0.5, 0.6) is 0 Å². The topological polar surface area (TPSA) is 49.4 Å². The summed E-state index contributed by atoms with van der Waals surface area (Å²) in [7, 11) is 2.00. The SMILES string of the molecule is CN1C(=O)C=C[C@]2(C)[C@H]3CC[C@]4(C)C(CNC(=O)CC(c5ccccc5)(c5ccccc5)c5ccccc5)CC[C@H]4[C@@H]3CC[C@@H]12. The van der Waals surface area contributed by atoms with Gasteiger partial charge >= 0.3 is 0 Å². The average molecular weight is 601 g/mol. The first-order valence-corrected chi connectivity index (χ1v) is 17.2. The first kappa shape index (κ1) is 30.0. The summed E-state index contributed by atoms with van der Waals surface area (Å²) in [4.78, 5) is 28.6. The number of amides is 2. The molecule has 45 heavy (non-hydrogen) atoms. The largest absolute Gasteiger partial charge is 0.356 e. The molecule has 0 radical (unpaired) electrons. The lowest BCUT2D eigenvalue weighted by Gasteiger charge is -2.60. The fraction of sp³-hybridized carbons (Fsp3) is 0.463. The van der Waals surface area contributed by atoms with Gasteiger partial charge in [-0.05, 0) is 90.4 Å². The number of rotatable bonds is 7. The van der Waals surface area contributed by atoms with Crippen molar-refractivity contribution in [3.05, 3.63) is 120 Å². The third-order valence-electron chi connectivity index (χ3n) is 13.1. The minimum absolute atomic E-state index is 0.0643. The van der Waals surface area contributed by atoms with Crippen molar-refractivity contribution in [2.24, 2.45) is 34.5 Å². The molecule has 4 heteroatoms.